The highest BCUT2D eigenvalue weighted by molar-refractivity contribution is 5.99. The summed E-state index contributed by atoms with van der Waals surface area (Å²) in [5.41, 5.74) is 0.200. The molecule has 1 aliphatic heterocycles. The molecule has 0 radical (unpaired) electrons. The lowest BCUT2D eigenvalue weighted by Crippen LogP contribution is -2.56. The highest BCUT2D eigenvalue weighted by atomic mass is 16.6. The van der Waals surface area contributed by atoms with Crippen molar-refractivity contribution in [2.75, 3.05) is 11.9 Å². The van der Waals surface area contributed by atoms with E-state index in [1.54, 1.807) is 0 Å². The number of carbonyl (C=O) groups is 6. The van der Waals surface area contributed by atoms with Crippen molar-refractivity contribution in [2.45, 2.75) is 89.9 Å². The van der Waals surface area contributed by atoms with E-state index in [9.17, 15) is 38.9 Å². The molecule has 0 bridgehead atoms. The number of nitrogens with zero attached hydrogens (tertiary/aromatic N) is 2. The molecule has 5 N–H and O–H groups in total. The molecule has 1 heterocycles. The summed E-state index contributed by atoms with van der Waals surface area (Å²) in [4.78, 5) is 86.1. The molecule has 15 heteroatoms. The van der Waals surface area contributed by atoms with Crippen LogP contribution in [0.25, 0.3) is 0 Å². The van der Waals surface area contributed by atoms with Crippen LogP contribution in [0.1, 0.15) is 65.7 Å². The molecule has 230 valence electrons. The summed E-state index contributed by atoms with van der Waals surface area (Å²) in [5, 5.41) is 29.8. The van der Waals surface area contributed by atoms with Crippen LogP contribution < -0.4 is 21.3 Å². The summed E-state index contributed by atoms with van der Waals surface area (Å²) in [6, 6.07) is 1.48. The Kier molecular flexibility index (Phi) is 12.8. The predicted octanol–water partition coefficient (Wildman–Crippen LogP) is 1.07. The highest BCUT2D eigenvalue weighted by Gasteiger charge is 2.38. The maximum atomic E-state index is 13.3. The maximum absolute atomic E-state index is 13.3. The molecule has 42 heavy (non-hydrogen) atoms. The van der Waals surface area contributed by atoms with Crippen LogP contribution >= 0.6 is 0 Å². The first-order valence-electron chi connectivity index (χ1n) is 13.8. The van der Waals surface area contributed by atoms with E-state index in [1.807, 2.05) is 6.92 Å². The van der Waals surface area contributed by atoms with E-state index in [2.05, 4.69) is 21.3 Å². The Morgan fingerprint density at radius 1 is 1.00 bits per heavy atom. The lowest BCUT2D eigenvalue weighted by Gasteiger charge is -2.29. The van der Waals surface area contributed by atoms with E-state index in [0.717, 1.165) is 6.42 Å². The minimum Gasteiger partial charge on any atom is -0.481 e. The number of nitro benzene ring substituents is 1. The molecule has 1 aromatic carbocycles. The molecule has 0 aliphatic carbocycles. The van der Waals surface area contributed by atoms with Crippen molar-refractivity contribution in [1.29, 1.82) is 0 Å². The Labute approximate surface area is 242 Å². The fourth-order valence-electron chi connectivity index (χ4n) is 4.39. The summed E-state index contributed by atoms with van der Waals surface area (Å²) in [6.45, 7) is 5.05. The third-order valence-corrected chi connectivity index (χ3v) is 6.73. The van der Waals surface area contributed by atoms with Crippen LogP contribution in [0.4, 0.5) is 11.4 Å². The normalized spacial score (nSPS) is 16.5. The van der Waals surface area contributed by atoms with Gasteiger partial charge in [0.15, 0.2) is 0 Å². The van der Waals surface area contributed by atoms with E-state index in [-0.39, 0.29) is 25.1 Å². The van der Waals surface area contributed by atoms with Gasteiger partial charge in [-0.25, -0.2) is 0 Å². The number of carboxylic acids is 1. The molecule has 1 aliphatic rings. The van der Waals surface area contributed by atoms with Crippen molar-refractivity contribution in [3.8, 4) is 0 Å². The Morgan fingerprint density at radius 2 is 1.67 bits per heavy atom. The van der Waals surface area contributed by atoms with Gasteiger partial charge in [0.1, 0.15) is 24.2 Å². The molecule has 0 aromatic heterocycles. The Balaban J connectivity index is 2.00. The lowest BCUT2D eigenvalue weighted by atomic mass is 10.1. The summed E-state index contributed by atoms with van der Waals surface area (Å²) in [7, 11) is 0. The number of rotatable bonds is 15. The molecule has 2 rings (SSSR count). The van der Waals surface area contributed by atoms with Crippen molar-refractivity contribution < 1.29 is 38.8 Å². The Morgan fingerprint density at radius 3 is 2.26 bits per heavy atom. The number of amides is 5. The standard InChI is InChI=1S/C27H38N6O9/c1-4-5-7-20(25(38)30-18-9-11-19(12-10-18)33(41)42)31-26(39)21-8-6-15-32(21)27(40)17(3)29-24(37)16(2)28-22(34)13-14-23(35)36/h9-12,16-17,20-21H,4-8,13-15H2,1-3H3,(H,28,34)(H,29,37)(H,30,38)(H,31,39)(H,35,36)/t16-,17-,20-,21-/m0/s1. The molecule has 1 saturated heterocycles. The summed E-state index contributed by atoms with van der Waals surface area (Å²) < 4.78 is 0. The van der Waals surface area contributed by atoms with Crippen molar-refractivity contribution in [2.24, 2.45) is 0 Å². The van der Waals surface area contributed by atoms with Crippen LogP contribution in [0, 0.1) is 10.1 Å². The number of carboxylic acid groups (broad SMARTS) is 1. The number of hydrogen-bond donors (Lipinski definition) is 5. The lowest BCUT2D eigenvalue weighted by molar-refractivity contribution is -0.384. The smallest absolute Gasteiger partial charge is 0.303 e. The Bertz CT molecular complexity index is 1170. The fourth-order valence-corrected chi connectivity index (χ4v) is 4.39. The highest BCUT2D eigenvalue weighted by Crippen LogP contribution is 2.20. The second kappa shape index (κ2) is 16.0. The second-order valence-corrected chi connectivity index (χ2v) is 10.1. The van der Waals surface area contributed by atoms with Crippen LogP contribution in [0.3, 0.4) is 0 Å². The molecule has 1 fully saturated rings. The summed E-state index contributed by atoms with van der Waals surface area (Å²) in [5.74, 6) is -3.94. The van der Waals surface area contributed by atoms with Gasteiger partial charge in [-0.05, 0) is 45.2 Å². The number of nitro groups is 1. The number of benzene rings is 1. The molecule has 0 saturated carbocycles. The summed E-state index contributed by atoms with van der Waals surface area (Å²) in [6.07, 6.45) is 1.96. The number of unbranched alkanes of at least 4 members (excludes halogenated alkanes) is 1. The number of carbonyl (C=O) groups excluding carboxylic acids is 5. The average Bonchev–Trinajstić information content (AvgIpc) is 3.44. The van der Waals surface area contributed by atoms with Crippen molar-refractivity contribution in [3.05, 3.63) is 34.4 Å². The van der Waals surface area contributed by atoms with E-state index < -0.39 is 64.6 Å². The molecule has 5 amide bonds. The van der Waals surface area contributed by atoms with Crippen LogP contribution in [-0.2, 0) is 28.8 Å². The van der Waals surface area contributed by atoms with Gasteiger partial charge in [-0.2, -0.15) is 0 Å². The zero-order valence-electron chi connectivity index (χ0n) is 23.9. The third kappa shape index (κ3) is 10.1. The SMILES string of the molecule is CCCC[C@H](NC(=O)[C@@H]1CCCN1C(=O)[C@H](C)NC(=O)[C@H](C)NC(=O)CCC(=O)O)C(=O)Nc1ccc([N+](=O)[O-])cc1. The van der Waals surface area contributed by atoms with E-state index in [1.165, 1.54) is 43.0 Å². The van der Waals surface area contributed by atoms with Gasteiger partial charge in [0.2, 0.25) is 29.5 Å². The quantitative estimate of drug-likeness (QED) is 0.146. The van der Waals surface area contributed by atoms with Gasteiger partial charge in [0.25, 0.3) is 5.69 Å². The molecule has 4 atom stereocenters. The van der Waals surface area contributed by atoms with Gasteiger partial charge in [0.05, 0.1) is 11.3 Å². The number of non-ortho nitro benzene ring substituents is 1. The van der Waals surface area contributed by atoms with Crippen molar-refractivity contribution in [1.82, 2.24) is 20.9 Å². The monoisotopic (exact) mass is 590 g/mol. The topological polar surface area (TPSA) is 217 Å². The number of likely N-dealkylation sites (tertiary alicyclic amines) is 1. The number of hydrogen-bond acceptors (Lipinski definition) is 8. The predicted molar refractivity (Wildman–Crippen MR) is 150 cm³/mol. The minimum atomic E-state index is -1.15. The molecular weight excluding hydrogens is 552 g/mol. The third-order valence-electron chi connectivity index (χ3n) is 6.73. The van der Waals surface area contributed by atoms with E-state index in [0.29, 0.717) is 31.4 Å². The zero-order valence-corrected chi connectivity index (χ0v) is 23.9. The van der Waals surface area contributed by atoms with Crippen LogP contribution in [0.2, 0.25) is 0 Å². The largest absolute Gasteiger partial charge is 0.481 e. The van der Waals surface area contributed by atoms with Gasteiger partial charge >= 0.3 is 5.97 Å². The minimum absolute atomic E-state index is 0.129. The number of nitrogens with one attached hydrogen (secondary N) is 4. The van der Waals surface area contributed by atoms with Crippen LogP contribution in [0.5, 0.6) is 0 Å². The first-order valence-corrected chi connectivity index (χ1v) is 13.8. The number of anilines is 1. The van der Waals surface area contributed by atoms with Crippen LogP contribution in [-0.4, -0.2) is 81.1 Å². The van der Waals surface area contributed by atoms with Crippen molar-refractivity contribution >= 4 is 46.9 Å². The van der Waals surface area contributed by atoms with Gasteiger partial charge in [-0.15, -0.1) is 0 Å². The molecule has 0 spiro atoms. The fraction of sp³-hybridized carbons (Fsp3) is 0.556. The van der Waals surface area contributed by atoms with E-state index >= 15 is 0 Å². The second-order valence-electron chi connectivity index (χ2n) is 10.1. The summed E-state index contributed by atoms with van der Waals surface area (Å²) >= 11 is 0. The van der Waals surface area contributed by atoms with Gasteiger partial charge in [-0.3, -0.25) is 38.9 Å². The maximum Gasteiger partial charge on any atom is 0.303 e. The van der Waals surface area contributed by atoms with Gasteiger partial charge in [-0.1, -0.05) is 19.8 Å². The first-order chi connectivity index (χ1) is 19.8. The van der Waals surface area contributed by atoms with Crippen LogP contribution in [0.15, 0.2) is 24.3 Å². The average molecular weight is 591 g/mol. The molecule has 1 aromatic rings. The first kappa shape index (κ1) is 33.6. The van der Waals surface area contributed by atoms with Gasteiger partial charge < -0.3 is 31.3 Å². The Hall–Kier alpha value is -4.56. The zero-order chi connectivity index (χ0) is 31.4. The number of aliphatic carboxylic acids is 1. The molecular formula is C27H38N6O9. The van der Waals surface area contributed by atoms with Crippen molar-refractivity contribution in [3.63, 3.8) is 0 Å². The molecule has 15 nitrogen and oxygen atoms in total. The van der Waals surface area contributed by atoms with Gasteiger partial charge in [0, 0.05) is 30.8 Å². The molecule has 0 unspecified atom stereocenters. The van der Waals surface area contributed by atoms with E-state index in [4.69, 9.17) is 5.11 Å².